The number of aromatic nitrogens is 7. The van der Waals surface area contributed by atoms with Crippen LogP contribution in [0.5, 0.6) is 5.75 Å². The highest BCUT2D eigenvalue weighted by Gasteiger charge is 2.12. The molecule has 5 aromatic heterocycles. The van der Waals surface area contributed by atoms with E-state index in [-0.39, 0.29) is 0 Å². The van der Waals surface area contributed by atoms with Crippen LogP contribution in [0.1, 0.15) is 5.82 Å². The number of thiazole rings is 1. The van der Waals surface area contributed by atoms with Crippen LogP contribution in [0.2, 0.25) is 0 Å². The summed E-state index contributed by atoms with van der Waals surface area (Å²) in [4.78, 5) is 16.2. The van der Waals surface area contributed by atoms with Crippen molar-refractivity contribution in [3.63, 3.8) is 0 Å². The Morgan fingerprint density at radius 3 is 2.81 bits per heavy atom. The van der Waals surface area contributed by atoms with E-state index < -0.39 is 0 Å². The molecule has 5 heterocycles. The number of rotatable bonds is 6. The van der Waals surface area contributed by atoms with Gasteiger partial charge in [-0.1, -0.05) is 11.3 Å². The van der Waals surface area contributed by atoms with E-state index in [1.165, 1.54) is 0 Å². The molecule has 0 spiro atoms. The zero-order valence-corrected chi connectivity index (χ0v) is 18.0. The maximum absolute atomic E-state index is 5.23. The Hall–Kier alpha value is -3.86. The monoisotopic (exact) mass is 433 g/mol. The average molecular weight is 434 g/mol. The third-order valence-electron chi connectivity index (χ3n) is 4.68. The van der Waals surface area contributed by atoms with Crippen molar-refractivity contribution in [1.82, 2.24) is 34.8 Å². The second kappa shape index (κ2) is 7.76. The number of ether oxygens (including phenoxy) is 1. The van der Waals surface area contributed by atoms with Gasteiger partial charge in [0.05, 0.1) is 35.9 Å². The van der Waals surface area contributed by atoms with Crippen LogP contribution in [0.25, 0.3) is 27.3 Å². The predicted molar refractivity (Wildman–Crippen MR) is 120 cm³/mol. The van der Waals surface area contributed by atoms with E-state index in [1.807, 2.05) is 49.5 Å². The lowest BCUT2D eigenvalue weighted by atomic mass is 10.2. The van der Waals surface area contributed by atoms with Crippen LogP contribution < -0.4 is 15.0 Å². The molecule has 0 radical (unpaired) electrons. The quantitative estimate of drug-likeness (QED) is 0.432. The fourth-order valence-electron chi connectivity index (χ4n) is 3.11. The summed E-state index contributed by atoms with van der Waals surface area (Å²) < 4.78 is 6.98. The molecule has 0 fully saturated rings. The van der Waals surface area contributed by atoms with Gasteiger partial charge in [0.25, 0.3) is 0 Å². The van der Waals surface area contributed by atoms with E-state index in [2.05, 4.69) is 30.5 Å². The molecule has 31 heavy (non-hydrogen) atoms. The molecule has 156 valence electrons. The van der Waals surface area contributed by atoms with Gasteiger partial charge in [-0.15, -0.1) is 10.2 Å². The van der Waals surface area contributed by atoms with E-state index in [0.29, 0.717) is 23.8 Å². The van der Waals surface area contributed by atoms with Crippen LogP contribution in [0, 0.1) is 0 Å². The summed E-state index contributed by atoms with van der Waals surface area (Å²) in [6, 6.07) is 7.57. The van der Waals surface area contributed by atoms with E-state index in [0.717, 1.165) is 32.4 Å². The summed E-state index contributed by atoms with van der Waals surface area (Å²) in [5.74, 6) is 1.35. The fraction of sp³-hybridized carbons (Fsp3) is 0.200. The summed E-state index contributed by atoms with van der Waals surface area (Å²) in [5.41, 5.74) is 3.85. The number of fused-ring (bicyclic) bond motifs is 2. The molecule has 0 aliphatic heterocycles. The molecule has 5 rings (SSSR count). The standard InChI is InChI=1S/C20H19N9OS/c1-28(2)20-24-10-16(31-20)13-4-5-17-25-26-18(29(17)27-13)11-22-14-6-7-21-15-8-12(30-3)9-23-19(14)15/h4-10H,11H2,1-3H3,(H,21,22). The van der Waals surface area contributed by atoms with Gasteiger partial charge in [-0.25, -0.2) is 9.97 Å². The number of hydrogen-bond acceptors (Lipinski definition) is 10. The minimum Gasteiger partial charge on any atom is -0.495 e. The summed E-state index contributed by atoms with van der Waals surface area (Å²) in [6.07, 6.45) is 5.24. The van der Waals surface area contributed by atoms with Crippen molar-refractivity contribution in [2.24, 2.45) is 0 Å². The number of hydrogen-bond donors (Lipinski definition) is 1. The van der Waals surface area contributed by atoms with Crippen molar-refractivity contribution >= 4 is 38.8 Å². The third-order valence-corrected chi connectivity index (χ3v) is 5.87. The van der Waals surface area contributed by atoms with E-state index in [4.69, 9.17) is 9.84 Å². The maximum Gasteiger partial charge on any atom is 0.185 e. The van der Waals surface area contributed by atoms with Crippen molar-refractivity contribution in [1.29, 1.82) is 0 Å². The Morgan fingerprint density at radius 1 is 1.10 bits per heavy atom. The molecule has 11 heteroatoms. The topological polar surface area (TPSA) is 106 Å². The van der Waals surface area contributed by atoms with Crippen LogP contribution in [-0.2, 0) is 6.54 Å². The largest absolute Gasteiger partial charge is 0.495 e. The normalized spacial score (nSPS) is 11.2. The second-order valence-corrected chi connectivity index (χ2v) is 7.97. The first-order chi connectivity index (χ1) is 15.1. The fourth-order valence-corrected chi connectivity index (χ4v) is 3.91. The maximum atomic E-state index is 5.23. The number of nitrogens with zero attached hydrogens (tertiary/aromatic N) is 8. The summed E-state index contributed by atoms with van der Waals surface area (Å²) in [6.45, 7) is 0.427. The van der Waals surface area contributed by atoms with Crippen LogP contribution in [0.3, 0.4) is 0 Å². The Kier molecular flexibility index (Phi) is 4.79. The first-order valence-corrected chi connectivity index (χ1v) is 10.3. The van der Waals surface area contributed by atoms with E-state index >= 15 is 0 Å². The van der Waals surface area contributed by atoms with E-state index in [1.54, 1.807) is 35.4 Å². The highest BCUT2D eigenvalue weighted by Crippen LogP contribution is 2.29. The molecule has 0 aliphatic carbocycles. The van der Waals surface area contributed by atoms with Crippen LogP contribution in [0.4, 0.5) is 10.8 Å². The summed E-state index contributed by atoms with van der Waals surface area (Å²) in [7, 11) is 5.54. The summed E-state index contributed by atoms with van der Waals surface area (Å²) >= 11 is 1.58. The van der Waals surface area contributed by atoms with E-state index in [9.17, 15) is 0 Å². The van der Waals surface area contributed by atoms with Crippen molar-refractivity contribution in [2.75, 3.05) is 31.4 Å². The second-order valence-electron chi connectivity index (χ2n) is 6.96. The Labute approximate surface area is 181 Å². The van der Waals surface area contributed by atoms with Crippen molar-refractivity contribution in [3.05, 3.63) is 48.7 Å². The number of methoxy groups -OCH3 is 1. The number of anilines is 2. The molecule has 0 bridgehead atoms. The van der Waals surface area contributed by atoms with Gasteiger partial charge < -0.3 is 15.0 Å². The lowest BCUT2D eigenvalue weighted by Gasteiger charge is -2.08. The molecule has 0 saturated carbocycles. The molecule has 5 aromatic rings. The molecule has 10 nitrogen and oxygen atoms in total. The highest BCUT2D eigenvalue weighted by molar-refractivity contribution is 7.18. The van der Waals surface area contributed by atoms with Gasteiger partial charge >= 0.3 is 0 Å². The van der Waals surface area contributed by atoms with Crippen LogP contribution in [-0.4, -0.2) is 56.0 Å². The van der Waals surface area contributed by atoms with Crippen molar-refractivity contribution in [2.45, 2.75) is 6.54 Å². The van der Waals surface area contributed by atoms with Gasteiger partial charge in [0.2, 0.25) is 0 Å². The Balaban J connectivity index is 1.44. The molecule has 1 N–H and O–H groups in total. The zero-order valence-electron chi connectivity index (χ0n) is 17.1. The first kappa shape index (κ1) is 19.1. The van der Waals surface area contributed by atoms with Gasteiger partial charge in [-0.3, -0.25) is 4.98 Å². The number of pyridine rings is 2. The molecule has 0 amide bonds. The minimum atomic E-state index is 0.427. The molecule has 0 unspecified atom stereocenters. The molecule has 0 saturated heterocycles. The molecule has 0 atom stereocenters. The molecular weight excluding hydrogens is 414 g/mol. The van der Waals surface area contributed by atoms with Crippen LogP contribution >= 0.6 is 11.3 Å². The average Bonchev–Trinajstić information content (AvgIpc) is 3.44. The Bertz CT molecular complexity index is 1380. The van der Waals surface area contributed by atoms with Gasteiger partial charge in [0.1, 0.15) is 17.0 Å². The van der Waals surface area contributed by atoms with Gasteiger partial charge in [-0.05, 0) is 18.2 Å². The SMILES string of the molecule is COc1cnc2c(NCc3nnc4ccc(-c5cnc(N(C)C)s5)nn34)ccnc2c1. The zero-order chi connectivity index (χ0) is 21.4. The van der Waals surface area contributed by atoms with Crippen LogP contribution in [0.15, 0.2) is 42.9 Å². The molecular formula is C20H19N9OS. The lowest BCUT2D eigenvalue weighted by molar-refractivity contribution is 0.413. The molecule has 0 aliphatic rings. The first-order valence-electron chi connectivity index (χ1n) is 9.50. The van der Waals surface area contributed by atoms with Crippen molar-refractivity contribution < 1.29 is 4.74 Å². The third kappa shape index (κ3) is 3.59. The minimum absolute atomic E-state index is 0.427. The van der Waals surface area contributed by atoms with Crippen molar-refractivity contribution in [3.8, 4) is 16.3 Å². The number of nitrogens with one attached hydrogen (secondary N) is 1. The lowest BCUT2D eigenvalue weighted by Crippen LogP contribution is -2.07. The Morgan fingerprint density at radius 2 is 2.00 bits per heavy atom. The highest BCUT2D eigenvalue weighted by atomic mass is 32.1. The van der Waals surface area contributed by atoms with Gasteiger partial charge in [0, 0.05) is 32.6 Å². The van der Waals surface area contributed by atoms with Gasteiger partial charge in [0.15, 0.2) is 16.6 Å². The molecule has 0 aromatic carbocycles. The van der Waals surface area contributed by atoms with Gasteiger partial charge in [-0.2, -0.15) is 9.61 Å². The summed E-state index contributed by atoms with van der Waals surface area (Å²) in [5, 5.41) is 17.6. The predicted octanol–water partition coefficient (Wildman–Crippen LogP) is 2.88. The smallest absolute Gasteiger partial charge is 0.185 e.